The lowest BCUT2D eigenvalue weighted by molar-refractivity contribution is -0.384. The number of halogens is 1. The molecule has 8 heteroatoms. The molecule has 1 aliphatic heterocycles. The van der Waals surface area contributed by atoms with Crippen LogP contribution in [0.5, 0.6) is 0 Å². The molecule has 1 heterocycles. The third kappa shape index (κ3) is 6.83. The normalized spacial score (nSPS) is 14.5. The topological polar surface area (TPSA) is 84.7 Å². The summed E-state index contributed by atoms with van der Waals surface area (Å²) < 4.78 is 4.55. The Morgan fingerprint density at radius 1 is 1.35 bits per heavy atom. The molecule has 0 aromatic heterocycles. The molecule has 1 fully saturated rings. The molecule has 0 amide bonds. The van der Waals surface area contributed by atoms with Gasteiger partial charge in [-0.3, -0.25) is 14.9 Å². The summed E-state index contributed by atoms with van der Waals surface area (Å²) >= 11 is 6.04. The third-order valence-corrected chi connectivity index (χ3v) is 3.30. The zero-order chi connectivity index (χ0) is 17.5. The van der Waals surface area contributed by atoms with Crippen LogP contribution in [0, 0.1) is 10.1 Å². The number of nitro benzene ring substituents is 1. The molecular weight excluding hydrogens is 322 g/mol. The summed E-state index contributed by atoms with van der Waals surface area (Å²) in [6.45, 7) is 9.49. The van der Waals surface area contributed by atoms with Gasteiger partial charge in [0.15, 0.2) is 0 Å². The van der Waals surface area contributed by atoms with Crippen LogP contribution in [-0.4, -0.2) is 43.2 Å². The van der Waals surface area contributed by atoms with E-state index >= 15 is 0 Å². The van der Waals surface area contributed by atoms with Gasteiger partial charge in [0.25, 0.3) is 12.2 Å². The van der Waals surface area contributed by atoms with E-state index in [9.17, 15) is 14.9 Å². The number of carbonyl (C=O) groups is 1. The summed E-state index contributed by atoms with van der Waals surface area (Å²) in [4.78, 5) is 21.9. The van der Waals surface area contributed by atoms with Crippen molar-refractivity contribution >= 4 is 29.4 Å². The van der Waals surface area contributed by atoms with Crippen molar-refractivity contribution in [1.29, 1.82) is 0 Å². The fraction of sp³-hybridized carbons (Fsp3) is 0.533. The van der Waals surface area contributed by atoms with Crippen LogP contribution in [0.4, 0.5) is 11.4 Å². The zero-order valence-corrected chi connectivity index (χ0v) is 14.3. The molecule has 2 rings (SSSR count). The number of nitrogens with one attached hydrogen (secondary N) is 1. The number of hydrogen-bond acceptors (Lipinski definition) is 6. The number of nitrogens with zero attached hydrogens (tertiary/aromatic N) is 2. The lowest BCUT2D eigenvalue weighted by Crippen LogP contribution is -2.43. The zero-order valence-electron chi connectivity index (χ0n) is 13.5. The predicted octanol–water partition coefficient (Wildman–Crippen LogP) is 2.62. The minimum Gasteiger partial charge on any atom is -0.462 e. The minimum absolute atomic E-state index is 0.0314. The molecule has 0 spiro atoms. The number of non-ortho nitro benzene ring substituents is 1. The summed E-state index contributed by atoms with van der Waals surface area (Å²) in [5, 5.41) is 14.2. The molecule has 7 nitrogen and oxygen atoms in total. The molecule has 0 bridgehead atoms. The van der Waals surface area contributed by atoms with Gasteiger partial charge in [-0.05, 0) is 26.8 Å². The number of hydrogen-bond donors (Lipinski definition) is 1. The van der Waals surface area contributed by atoms with Crippen molar-refractivity contribution in [1.82, 2.24) is 5.32 Å². The van der Waals surface area contributed by atoms with Crippen LogP contribution in [0.2, 0.25) is 5.02 Å². The molecule has 0 aliphatic carbocycles. The fourth-order valence-electron chi connectivity index (χ4n) is 1.92. The van der Waals surface area contributed by atoms with E-state index in [2.05, 4.69) is 15.0 Å². The molecule has 0 saturated carbocycles. The van der Waals surface area contributed by atoms with E-state index in [1.807, 2.05) is 20.8 Å². The summed E-state index contributed by atoms with van der Waals surface area (Å²) in [5.74, 6) is 0. The fourth-order valence-corrected chi connectivity index (χ4v) is 2.21. The van der Waals surface area contributed by atoms with Crippen molar-refractivity contribution < 1.29 is 14.5 Å². The molecule has 23 heavy (non-hydrogen) atoms. The van der Waals surface area contributed by atoms with Gasteiger partial charge >= 0.3 is 0 Å². The average molecular weight is 344 g/mol. The van der Waals surface area contributed by atoms with Gasteiger partial charge in [-0.1, -0.05) is 11.6 Å². The van der Waals surface area contributed by atoms with E-state index in [0.717, 1.165) is 31.9 Å². The first-order valence-corrected chi connectivity index (χ1v) is 7.63. The molecule has 1 aliphatic rings. The maximum atomic E-state index is 10.6. The largest absolute Gasteiger partial charge is 0.462 e. The second-order valence-electron chi connectivity index (χ2n) is 5.96. The maximum absolute atomic E-state index is 10.6. The molecule has 128 valence electrons. The second-order valence-corrected chi connectivity index (χ2v) is 6.36. The highest BCUT2D eigenvalue weighted by Crippen LogP contribution is 2.29. The number of ether oxygens (including phenoxy) is 1. The van der Waals surface area contributed by atoms with Crippen molar-refractivity contribution in [3.8, 4) is 0 Å². The Bertz CT molecular complexity index is 540. The summed E-state index contributed by atoms with van der Waals surface area (Å²) in [5.41, 5.74) is 0.583. The highest BCUT2D eigenvalue weighted by atomic mass is 35.5. The highest BCUT2D eigenvalue weighted by Gasteiger charge is 2.16. The average Bonchev–Trinajstić information content (AvgIpc) is 2.47. The number of carbonyl (C=O) groups excluding carboxylic acids is 1. The SMILES string of the molecule is CC(C)(C)OC=O.O=[N+]([O-])c1ccc(N2CCNCC2)c(Cl)c1. The lowest BCUT2D eigenvalue weighted by atomic mass is 10.2. The van der Waals surface area contributed by atoms with E-state index in [-0.39, 0.29) is 11.3 Å². The van der Waals surface area contributed by atoms with Gasteiger partial charge in [-0.2, -0.15) is 0 Å². The van der Waals surface area contributed by atoms with Gasteiger partial charge in [0, 0.05) is 38.3 Å². The Labute approximate surface area is 140 Å². The van der Waals surface area contributed by atoms with Crippen molar-refractivity contribution in [2.45, 2.75) is 26.4 Å². The quantitative estimate of drug-likeness (QED) is 0.516. The second kappa shape index (κ2) is 8.69. The van der Waals surface area contributed by atoms with E-state index < -0.39 is 4.92 Å². The van der Waals surface area contributed by atoms with Gasteiger partial charge in [-0.25, -0.2) is 0 Å². The Kier molecular flexibility index (Phi) is 7.25. The van der Waals surface area contributed by atoms with E-state index in [1.165, 1.54) is 12.1 Å². The first-order chi connectivity index (χ1) is 10.7. The van der Waals surface area contributed by atoms with Gasteiger partial charge in [0.05, 0.1) is 15.6 Å². The van der Waals surface area contributed by atoms with Crippen LogP contribution in [0.25, 0.3) is 0 Å². The van der Waals surface area contributed by atoms with Crippen LogP contribution in [0.3, 0.4) is 0 Å². The minimum atomic E-state index is -0.437. The van der Waals surface area contributed by atoms with Gasteiger partial charge < -0.3 is 15.0 Å². The van der Waals surface area contributed by atoms with E-state index in [0.29, 0.717) is 11.5 Å². The van der Waals surface area contributed by atoms with Crippen LogP contribution in [-0.2, 0) is 9.53 Å². The highest BCUT2D eigenvalue weighted by molar-refractivity contribution is 6.33. The van der Waals surface area contributed by atoms with Crippen molar-refractivity contribution in [3.05, 3.63) is 33.3 Å². The molecular formula is C15H22ClN3O4. The summed E-state index contributed by atoms with van der Waals surface area (Å²) in [7, 11) is 0. The van der Waals surface area contributed by atoms with Crippen LogP contribution in [0.1, 0.15) is 20.8 Å². The Morgan fingerprint density at radius 3 is 2.35 bits per heavy atom. The van der Waals surface area contributed by atoms with Crippen LogP contribution in [0.15, 0.2) is 18.2 Å². The van der Waals surface area contributed by atoms with Gasteiger partial charge in [0.1, 0.15) is 5.60 Å². The summed E-state index contributed by atoms with van der Waals surface area (Å²) in [6.07, 6.45) is 0. The van der Waals surface area contributed by atoms with Gasteiger partial charge in [0.2, 0.25) is 0 Å². The molecule has 1 aromatic rings. The van der Waals surface area contributed by atoms with Crippen LogP contribution < -0.4 is 10.2 Å². The predicted molar refractivity (Wildman–Crippen MR) is 90.1 cm³/mol. The summed E-state index contributed by atoms with van der Waals surface area (Å²) in [6, 6.07) is 4.61. The molecule has 1 aromatic carbocycles. The van der Waals surface area contributed by atoms with Crippen molar-refractivity contribution in [2.24, 2.45) is 0 Å². The van der Waals surface area contributed by atoms with E-state index in [1.54, 1.807) is 6.07 Å². The first kappa shape index (κ1) is 19.2. The third-order valence-electron chi connectivity index (χ3n) is 3.00. The van der Waals surface area contributed by atoms with Crippen molar-refractivity contribution in [2.75, 3.05) is 31.1 Å². The lowest BCUT2D eigenvalue weighted by Gasteiger charge is -2.29. The molecule has 0 atom stereocenters. The van der Waals surface area contributed by atoms with E-state index in [4.69, 9.17) is 11.6 Å². The number of piperazine rings is 1. The number of anilines is 1. The Hall–Kier alpha value is -1.86. The molecule has 0 unspecified atom stereocenters. The monoisotopic (exact) mass is 343 g/mol. The molecule has 1 N–H and O–H groups in total. The molecule has 1 saturated heterocycles. The van der Waals surface area contributed by atoms with Gasteiger partial charge in [-0.15, -0.1) is 0 Å². The first-order valence-electron chi connectivity index (χ1n) is 7.25. The van der Waals surface area contributed by atoms with Crippen molar-refractivity contribution in [3.63, 3.8) is 0 Å². The number of rotatable bonds is 3. The number of benzene rings is 1. The Balaban J connectivity index is 0.000000322. The molecule has 0 radical (unpaired) electrons. The maximum Gasteiger partial charge on any atom is 0.293 e. The standard InChI is InChI=1S/C10H12ClN3O2.C5H10O2/c11-9-7-8(14(15)16)1-2-10(9)13-5-3-12-4-6-13;1-5(2,3)7-4-6/h1-2,7,12H,3-6H2;4H,1-3H3. The smallest absolute Gasteiger partial charge is 0.293 e. The number of nitro groups is 1. The Morgan fingerprint density at radius 2 is 1.96 bits per heavy atom. The van der Waals surface area contributed by atoms with Crippen LogP contribution >= 0.6 is 11.6 Å².